The van der Waals surface area contributed by atoms with Gasteiger partial charge in [-0.1, -0.05) is 42.5 Å². The Hall–Kier alpha value is -4.01. The highest BCUT2D eigenvalue weighted by Crippen LogP contribution is 2.47. The number of nitriles is 1. The molecule has 0 amide bonds. The number of aromatic nitrogens is 1. The number of rotatable bonds is 3. The number of hydrogen-bond donors (Lipinski definition) is 1. The van der Waals surface area contributed by atoms with E-state index in [0.717, 1.165) is 39.1 Å². The highest BCUT2D eigenvalue weighted by Gasteiger charge is 2.54. The summed E-state index contributed by atoms with van der Waals surface area (Å²) < 4.78 is 0. The molecule has 1 N–H and O–H groups in total. The number of anilines is 1. The lowest BCUT2D eigenvalue weighted by molar-refractivity contribution is 0.471. The smallest absolute Gasteiger partial charge is 0.124 e. The molecule has 3 atom stereocenters. The van der Waals surface area contributed by atoms with Crippen molar-refractivity contribution in [1.29, 1.82) is 5.26 Å². The van der Waals surface area contributed by atoms with Crippen LogP contribution in [0.25, 0.3) is 10.9 Å². The van der Waals surface area contributed by atoms with Gasteiger partial charge in [-0.3, -0.25) is 9.99 Å². The quantitative estimate of drug-likeness (QED) is 0.555. The Balaban J connectivity index is 1.41. The van der Waals surface area contributed by atoms with Crippen LogP contribution in [0.3, 0.4) is 0 Å². The summed E-state index contributed by atoms with van der Waals surface area (Å²) in [5.74, 6) is 0.231. The van der Waals surface area contributed by atoms with Gasteiger partial charge in [-0.05, 0) is 68.8 Å². The number of pyridine rings is 1. The number of dihydropyridines is 1. The van der Waals surface area contributed by atoms with Gasteiger partial charge in [-0.15, -0.1) is 0 Å². The Morgan fingerprint density at radius 3 is 2.71 bits per heavy atom. The van der Waals surface area contributed by atoms with E-state index in [1.54, 1.807) is 0 Å². The predicted octanol–water partition coefficient (Wildman–Crippen LogP) is 5.62. The molecule has 3 aromatic rings. The summed E-state index contributed by atoms with van der Waals surface area (Å²) in [4.78, 5) is 9.81. The molecular formula is C30H27N5. The first-order chi connectivity index (χ1) is 16.9. The minimum absolute atomic E-state index is 0.230. The van der Waals surface area contributed by atoms with E-state index in [4.69, 9.17) is 4.99 Å². The van der Waals surface area contributed by atoms with Crippen LogP contribution in [-0.4, -0.2) is 22.3 Å². The van der Waals surface area contributed by atoms with E-state index in [-0.39, 0.29) is 12.0 Å². The number of fused-ring (bicyclic) bond motifs is 1. The molecule has 3 heterocycles. The molecule has 35 heavy (non-hydrogen) atoms. The minimum Gasteiger partial charge on any atom is -0.292 e. The summed E-state index contributed by atoms with van der Waals surface area (Å²) in [6, 6.07) is 21.2. The summed E-state index contributed by atoms with van der Waals surface area (Å²) in [6.45, 7) is 6.11. The number of nitrogens with one attached hydrogen (secondary N) is 1. The number of benzene rings is 2. The first kappa shape index (κ1) is 21.5. The maximum atomic E-state index is 9.53. The van der Waals surface area contributed by atoms with Crippen LogP contribution >= 0.6 is 0 Å². The van der Waals surface area contributed by atoms with E-state index < -0.39 is 11.0 Å². The second-order valence-corrected chi connectivity index (χ2v) is 10.1. The molecule has 3 aliphatic rings. The standard InChI is InChI=1S/C30H27N5/c1-20-25-8-6-10-28-30(25,35(34-20)24-13-11-23(12-14-24)29(2,3)19-31)16-15-27(33-28)22-17-21-7-4-5-9-26(21)32-18-22/h4-18,20,25,34H,1-3H3. The van der Waals surface area contributed by atoms with Crippen LogP contribution < -0.4 is 10.4 Å². The van der Waals surface area contributed by atoms with Gasteiger partial charge in [0.2, 0.25) is 0 Å². The van der Waals surface area contributed by atoms with Gasteiger partial charge in [0.15, 0.2) is 0 Å². The van der Waals surface area contributed by atoms with E-state index in [1.165, 1.54) is 0 Å². The van der Waals surface area contributed by atoms with Gasteiger partial charge < -0.3 is 0 Å². The summed E-state index contributed by atoms with van der Waals surface area (Å²) in [6.07, 6.45) is 12.8. The average Bonchev–Trinajstić information content (AvgIpc) is 3.19. The van der Waals surface area contributed by atoms with Crippen molar-refractivity contribution in [2.75, 3.05) is 5.01 Å². The Labute approximate surface area is 205 Å². The molecule has 1 spiro atoms. The van der Waals surface area contributed by atoms with Crippen LogP contribution in [0.4, 0.5) is 5.69 Å². The maximum Gasteiger partial charge on any atom is 0.124 e. The fraction of sp³-hybridized carbons (Fsp3) is 0.233. The second kappa shape index (κ2) is 7.76. The molecule has 5 heteroatoms. The number of aliphatic imine (C=N–C) groups is 1. The van der Waals surface area contributed by atoms with Gasteiger partial charge in [0.1, 0.15) is 5.54 Å². The van der Waals surface area contributed by atoms with Crippen molar-refractivity contribution in [3.05, 3.63) is 108 Å². The number of allylic oxidation sites excluding steroid dienone is 3. The second-order valence-electron chi connectivity index (χ2n) is 10.1. The van der Waals surface area contributed by atoms with Crippen LogP contribution in [0.5, 0.6) is 0 Å². The number of hydrogen-bond acceptors (Lipinski definition) is 5. The molecule has 172 valence electrons. The summed E-state index contributed by atoms with van der Waals surface area (Å²) in [5.41, 5.74) is 8.72. The summed E-state index contributed by atoms with van der Waals surface area (Å²) in [7, 11) is 0. The van der Waals surface area contributed by atoms with Gasteiger partial charge in [0.05, 0.1) is 34.1 Å². The zero-order valence-electron chi connectivity index (χ0n) is 20.1. The van der Waals surface area contributed by atoms with E-state index in [9.17, 15) is 5.26 Å². The van der Waals surface area contributed by atoms with E-state index in [0.29, 0.717) is 0 Å². The van der Waals surface area contributed by atoms with E-state index >= 15 is 0 Å². The number of nitrogens with zero attached hydrogens (tertiary/aromatic N) is 4. The van der Waals surface area contributed by atoms with Crippen molar-refractivity contribution in [2.45, 2.75) is 37.8 Å². The first-order valence-electron chi connectivity index (χ1n) is 12.0. The van der Waals surface area contributed by atoms with Crippen molar-refractivity contribution in [1.82, 2.24) is 10.4 Å². The normalized spacial score (nSPS) is 25.0. The molecule has 0 saturated carbocycles. The highest BCUT2D eigenvalue weighted by molar-refractivity contribution is 6.11. The van der Waals surface area contributed by atoms with Crippen LogP contribution in [0.15, 0.2) is 102 Å². The van der Waals surface area contributed by atoms with Crippen LogP contribution in [-0.2, 0) is 5.41 Å². The third-order valence-electron chi connectivity index (χ3n) is 7.48. The number of para-hydroxylation sites is 1. The lowest BCUT2D eigenvalue weighted by atomic mass is 9.74. The molecule has 5 nitrogen and oxygen atoms in total. The Bertz CT molecular complexity index is 1490. The topological polar surface area (TPSA) is 64.3 Å². The fourth-order valence-electron chi connectivity index (χ4n) is 5.44. The van der Waals surface area contributed by atoms with Crippen molar-refractivity contribution in [2.24, 2.45) is 10.9 Å². The van der Waals surface area contributed by atoms with E-state index in [1.807, 2.05) is 38.2 Å². The van der Waals surface area contributed by atoms with Gasteiger partial charge in [0.25, 0.3) is 0 Å². The van der Waals surface area contributed by atoms with Crippen LogP contribution in [0.2, 0.25) is 0 Å². The molecular weight excluding hydrogens is 430 g/mol. The van der Waals surface area contributed by atoms with Gasteiger partial charge in [-0.2, -0.15) is 5.26 Å². The van der Waals surface area contributed by atoms with Gasteiger partial charge >= 0.3 is 0 Å². The predicted molar refractivity (Wildman–Crippen MR) is 141 cm³/mol. The molecule has 1 saturated heterocycles. The van der Waals surface area contributed by atoms with Crippen molar-refractivity contribution in [3.8, 4) is 6.07 Å². The van der Waals surface area contributed by atoms with Crippen LogP contribution in [0, 0.1) is 17.2 Å². The lowest BCUT2D eigenvalue weighted by Gasteiger charge is -2.43. The van der Waals surface area contributed by atoms with E-state index in [2.05, 4.69) is 95.2 Å². The van der Waals surface area contributed by atoms with Crippen molar-refractivity contribution >= 4 is 22.3 Å². The maximum absolute atomic E-state index is 9.53. The lowest BCUT2D eigenvalue weighted by Crippen LogP contribution is -2.52. The zero-order valence-corrected chi connectivity index (χ0v) is 20.1. The molecule has 0 bridgehead atoms. The molecule has 6 rings (SSSR count). The Morgan fingerprint density at radius 1 is 1.11 bits per heavy atom. The molecule has 1 fully saturated rings. The third kappa shape index (κ3) is 3.25. The first-order valence-corrected chi connectivity index (χ1v) is 12.0. The third-order valence-corrected chi connectivity index (χ3v) is 7.48. The SMILES string of the molecule is CC1NN(c2ccc(C(C)(C)C#N)cc2)C23C=CC(c4cnc5ccccc5c4)=NC2=CC=CC13. The number of hydrazine groups is 1. The Morgan fingerprint density at radius 2 is 1.91 bits per heavy atom. The zero-order chi connectivity index (χ0) is 24.2. The summed E-state index contributed by atoms with van der Waals surface area (Å²) >= 11 is 0. The molecule has 2 aliphatic heterocycles. The molecule has 2 aromatic carbocycles. The minimum atomic E-state index is -0.526. The molecule has 3 unspecified atom stereocenters. The fourth-order valence-corrected chi connectivity index (χ4v) is 5.44. The van der Waals surface area contributed by atoms with Crippen molar-refractivity contribution in [3.63, 3.8) is 0 Å². The monoisotopic (exact) mass is 457 g/mol. The molecule has 0 radical (unpaired) electrons. The largest absolute Gasteiger partial charge is 0.292 e. The van der Waals surface area contributed by atoms with Gasteiger partial charge in [-0.25, -0.2) is 10.4 Å². The van der Waals surface area contributed by atoms with Crippen LogP contribution in [0.1, 0.15) is 31.9 Å². The van der Waals surface area contributed by atoms with Gasteiger partial charge in [0, 0.05) is 29.1 Å². The Kier molecular flexibility index (Phi) is 4.77. The average molecular weight is 458 g/mol. The highest BCUT2D eigenvalue weighted by atomic mass is 15.6. The van der Waals surface area contributed by atoms with Crippen molar-refractivity contribution < 1.29 is 0 Å². The summed E-state index contributed by atoms with van der Waals surface area (Å²) in [5, 5.41) is 12.9. The molecule has 1 aliphatic carbocycles. The molecule has 1 aromatic heterocycles.